The molecule has 0 aromatic carbocycles. The molecule has 1 fully saturated rings. The fourth-order valence-electron chi connectivity index (χ4n) is 2.49. The Morgan fingerprint density at radius 2 is 2.11 bits per heavy atom. The van der Waals surface area contributed by atoms with Gasteiger partial charge in [-0.05, 0) is 44.6 Å². The number of nitrogens with zero attached hydrogens (tertiary/aromatic N) is 3. The van der Waals surface area contributed by atoms with Gasteiger partial charge in [-0.3, -0.25) is 14.8 Å². The zero-order valence-corrected chi connectivity index (χ0v) is 11.3. The quantitative estimate of drug-likeness (QED) is 0.866. The molecule has 2 rings (SSSR count). The van der Waals surface area contributed by atoms with Crippen LogP contribution in [0.5, 0.6) is 0 Å². The highest BCUT2D eigenvalue weighted by Crippen LogP contribution is 2.16. The molecule has 0 amide bonds. The van der Waals surface area contributed by atoms with E-state index in [-0.39, 0.29) is 12.6 Å². The first-order valence-electron chi connectivity index (χ1n) is 6.64. The van der Waals surface area contributed by atoms with Gasteiger partial charge in [0.15, 0.2) is 0 Å². The smallest absolute Gasteiger partial charge is 0.0599 e. The van der Waals surface area contributed by atoms with E-state index in [9.17, 15) is 5.11 Å². The van der Waals surface area contributed by atoms with E-state index in [4.69, 9.17) is 0 Å². The normalized spacial score (nSPS) is 27.1. The summed E-state index contributed by atoms with van der Waals surface area (Å²) in [5, 5.41) is 9.48. The number of hydrogen-bond donors (Lipinski definition) is 1. The van der Waals surface area contributed by atoms with E-state index in [1.54, 1.807) is 0 Å². The second-order valence-corrected chi connectivity index (χ2v) is 5.24. The molecule has 1 saturated heterocycles. The molecule has 1 N–H and O–H groups in total. The number of aliphatic hydroxyl groups is 1. The van der Waals surface area contributed by atoms with Crippen LogP contribution in [0.15, 0.2) is 24.5 Å². The first-order valence-corrected chi connectivity index (χ1v) is 6.64. The summed E-state index contributed by atoms with van der Waals surface area (Å²) >= 11 is 0. The SMILES string of the molecule is CC1CCN(C)C(CO)CN1Cc1ccncc1. The summed E-state index contributed by atoms with van der Waals surface area (Å²) in [7, 11) is 2.10. The molecule has 18 heavy (non-hydrogen) atoms. The van der Waals surface area contributed by atoms with Crippen molar-refractivity contribution in [1.29, 1.82) is 0 Å². The average molecular weight is 249 g/mol. The number of rotatable bonds is 3. The molecule has 2 atom stereocenters. The van der Waals surface area contributed by atoms with E-state index in [2.05, 4.69) is 40.9 Å². The van der Waals surface area contributed by atoms with E-state index in [1.807, 2.05) is 12.4 Å². The van der Waals surface area contributed by atoms with Gasteiger partial charge < -0.3 is 5.11 Å². The molecule has 0 bridgehead atoms. The van der Waals surface area contributed by atoms with E-state index in [0.717, 1.165) is 26.1 Å². The second-order valence-electron chi connectivity index (χ2n) is 5.24. The summed E-state index contributed by atoms with van der Waals surface area (Å²) in [6.07, 6.45) is 4.83. The van der Waals surface area contributed by atoms with Crippen LogP contribution in [0.2, 0.25) is 0 Å². The number of aliphatic hydroxyl groups excluding tert-OH is 1. The molecule has 0 aliphatic carbocycles. The van der Waals surface area contributed by atoms with Crippen molar-refractivity contribution < 1.29 is 5.11 Å². The van der Waals surface area contributed by atoms with Crippen LogP contribution >= 0.6 is 0 Å². The Hall–Kier alpha value is -0.970. The lowest BCUT2D eigenvalue weighted by Gasteiger charge is -2.30. The first kappa shape index (κ1) is 13.5. The molecule has 2 heterocycles. The van der Waals surface area contributed by atoms with E-state index >= 15 is 0 Å². The van der Waals surface area contributed by atoms with Crippen LogP contribution in [0, 0.1) is 0 Å². The van der Waals surface area contributed by atoms with Gasteiger partial charge in [-0.2, -0.15) is 0 Å². The highest BCUT2D eigenvalue weighted by Gasteiger charge is 2.25. The van der Waals surface area contributed by atoms with Crippen LogP contribution in [-0.2, 0) is 6.54 Å². The Kier molecular flexibility index (Phi) is 4.69. The minimum absolute atomic E-state index is 0.232. The maximum absolute atomic E-state index is 9.48. The lowest BCUT2D eigenvalue weighted by molar-refractivity contribution is 0.120. The minimum Gasteiger partial charge on any atom is -0.395 e. The molecule has 0 radical (unpaired) electrons. The van der Waals surface area contributed by atoms with Crippen molar-refractivity contribution in [3.8, 4) is 0 Å². The standard InChI is InChI=1S/C14H23N3O/c1-12-5-8-16(2)14(11-18)10-17(12)9-13-3-6-15-7-4-13/h3-4,6-7,12,14,18H,5,8-11H2,1-2H3. The van der Waals surface area contributed by atoms with E-state index in [1.165, 1.54) is 5.56 Å². The largest absolute Gasteiger partial charge is 0.395 e. The molecule has 4 nitrogen and oxygen atoms in total. The van der Waals surface area contributed by atoms with Gasteiger partial charge in [-0.15, -0.1) is 0 Å². The van der Waals surface area contributed by atoms with Gasteiger partial charge in [0, 0.05) is 37.6 Å². The van der Waals surface area contributed by atoms with Crippen molar-refractivity contribution in [2.45, 2.75) is 32.0 Å². The Morgan fingerprint density at radius 1 is 1.39 bits per heavy atom. The van der Waals surface area contributed by atoms with Crippen LogP contribution in [0.25, 0.3) is 0 Å². The lowest BCUT2D eigenvalue weighted by atomic mass is 10.1. The third kappa shape index (κ3) is 3.28. The predicted octanol–water partition coefficient (Wildman–Crippen LogP) is 0.968. The maximum atomic E-state index is 9.48. The van der Waals surface area contributed by atoms with E-state index in [0.29, 0.717) is 6.04 Å². The van der Waals surface area contributed by atoms with Crippen molar-refractivity contribution in [3.05, 3.63) is 30.1 Å². The zero-order valence-electron chi connectivity index (χ0n) is 11.3. The summed E-state index contributed by atoms with van der Waals surface area (Å²) in [6.45, 7) is 5.43. The monoisotopic (exact) mass is 249 g/mol. The molecule has 1 aliphatic heterocycles. The summed E-state index contributed by atoms with van der Waals surface area (Å²) < 4.78 is 0. The molecule has 1 aromatic rings. The number of hydrogen-bond acceptors (Lipinski definition) is 4. The van der Waals surface area contributed by atoms with Gasteiger partial charge in [0.1, 0.15) is 0 Å². The van der Waals surface area contributed by atoms with Crippen molar-refractivity contribution in [1.82, 2.24) is 14.8 Å². The molecular formula is C14H23N3O. The second kappa shape index (κ2) is 6.27. The third-order valence-corrected chi connectivity index (χ3v) is 3.94. The van der Waals surface area contributed by atoms with Gasteiger partial charge in [-0.25, -0.2) is 0 Å². The minimum atomic E-state index is 0.232. The summed E-state index contributed by atoms with van der Waals surface area (Å²) in [5.41, 5.74) is 1.29. The average Bonchev–Trinajstić information content (AvgIpc) is 2.53. The van der Waals surface area contributed by atoms with Crippen molar-refractivity contribution in [2.24, 2.45) is 0 Å². The lowest BCUT2D eigenvalue weighted by Crippen LogP contribution is -2.42. The number of aromatic nitrogens is 1. The fraction of sp³-hybridized carbons (Fsp3) is 0.643. The van der Waals surface area contributed by atoms with Gasteiger partial charge in [-0.1, -0.05) is 0 Å². The van der Waals surface area contributed by atoms with Crippen LogP contribution in [0.3, 0.4) is 0 Å². The fourth-order valence-corrected chi connectivity index (χ4v) is 2.49. The molecule has 1 aliphatic rings. The molecule has 0 spiro atoms. The summed E-state index contributed by atoms with van der Waals surface area (Å²) in [4.78, 5) is 8.78. The number of likely N-dealkylation sites (N-methyl/N-ethyl adjacent to an activating group) is 1. The number of pyridine rings is 1. The molecule has 1 aromatic heterocycles. The summed E-state index contributed by atoms with van der Waals surface area (Å²) in [5.74, 6) is 0. The molecule has 2 unspecified atom stereocenters. The predicted molar refractivity (Wildman–Crippen MR) is 72.2 cm³/mol. The third-order valence-electron chi connectivity index (χ3n) is 3.94. The Morgan fingerprint density at radius 3 is 2.78 bits per heavy atom. The first-order chi connectivity index (χ1) is 8.70. The highest BCUT2D eigenvalue weighted by atomic mass is 16.3. The van der Waals surface area contributed by atoms with Crippen LogP contribution in [-0.4, -0.2) is 58.7 Å². The van der Waals surface area contributed by atoms with Gasteiger partial charge in [0.25, 0.3) is 0 Å². The van der Waals surface area contributed by atoms with Crippen LogP contribution in [0.1, 0.15) is 18.9 Å². The highest BCUT2D eigenvalue weighted by molar-refractivity contribution is 5.09. The van der Waals surface area contributed by atoms with Gasteiger partial charge >= 0.3 is 0 Å². The van der Waals surface area contributed by atoms with Crippen LogP contribution in [0.4, 0.5) is 0 Å². The van der Waals surface area contributed by atoms with Crippen molar-refractivity contribution in [2.75, 3.05) is 26.7 Å². The van der Waals surface area contributed by atoms with E-state index < -0.39 is 0 Å². The zero-order chi connectivity index (χ0) is 13.0. The Balaban J connectivity index is 2.05. The van der Waals surface area contributed by atoms with Gasteiger partial charge in [0.2, 0.25) is 0 Å². The van der Waals surface area contributed by atoms with Crippen molar-refractivity contribution >= 4 is 0 Å². The van der Waals surface area contributed by atoms with Crippen LogP contribution < -0.4 is 0 Å². The van der Waals surface area contributed by atoms with Crippen molar-refractivity contribution in [3.63, 3.8) is 0 Å². The molecular weight excluding hydrogens is 226 g/mol. The molecule has 0 saturated carbocycles. The Bertz CT molecular complexity index is 357. The molecule has 100 valence electrons. The molecule has 4 heteroatoms. The van der Waals surface area contributed by atoms with Gasteiger partial charge in [0.05, 0.1) is 6.61 Å². The maximum Gasteiger partial charge on any atom is 0.0599 e. The topological polar surface area (TPSA) is 39.6 Å². The summed E-state index contributed by atoms with van der Waals surface area (Å²) in [6, 6.07) is 4.93. The Labute approximate surface area is 109 Å².